The van der Waals surface area contributed by atoms with Crippen LogP contribution >= 0.6 is 0 Å². The van der Waals surface area contributed by atoms with Crippen molar-refractivity contribution in [2.45, 2.75) is 26.4 Å². The number of benzene rings is 2. The summed E-state index contributed by atoms with van der Waals surface area (Å²) in [6.45, 7) is 2.89. The van der Waals surface area contributed by atoms with E-state index in [9.17, 15) is 19.2 Å². The predicted octanol–water partition coefficient (Wildman–Crippen LogP) is 1.93. The maximum absolute atomic E-state index is 12.3. The molecule has 3 aromatic rings. The number of aromatic nitrogens is 2. The van der Waals surface area contributed by atoms with Gasteiger partial charge in [0.25, 0.3) is 5.91 Å². The fraction of sp³-hybridized carbons (Fsp3) is 0.200. The molecular weight excluding hydrogens is 376 g/mol. The quantitative estimate of drug-likeness (QED) is 0.473. The molecule has 150 valence electrons. The molecule has 4 N–H and O–H groups in total. The monoisotopic (exact) mass is 396 g/mol. The van der Waals surface area contributed by atoms with Crippen LogP contribution < -0.4 is 16.3 Å². The van der Waals surface area contributed by atoms with E-state index in [1.165, 1.54) is 13.8 Å². The Kier molecular flexibility index (Phi) is 5.77. The van der Waals surface area contributed by atoms with Crippen molar-refractivity contribution in [2.75, 3.05) is 10.6 Å². The summed E-state index contributed by atoms with van der Waals surface area (Å²) in [5, 5.41) is 5.28. The molecule has 1 atom stereocenters. The number of ether oxygens (including phenoxy) is 1. The molecule has 9 nitrogen and oxygen atoms in total. The van der Waals surface area contributed by atoms with Crippen molar-refractivity contribution in [3.05, 3.63) is 58.5 Å². The van der Waals surface area contributed by atoms with Crippen molar-refractivity contribution in [2.24, 2.45) is 0 Å². The maximum atomic E-state index is 12.3. The Balaban J connectivity index is 1.54. The van der Waals surface area contributed by atoms with Gasteiger partial charge >= 0.3 is 11.7 Å². The van der Waals surface area contributed by atoms with Gasteiger partial charge in [-0.15, -0.1) is 0 Å². The number of carbonyl (C=O) groups is 3. The molecular formula is C20H20N4O5. The minimum absolute atomic E-state index is 0.00544. The number of hydrogen-bond donors (Lipinski definition) is 4. The smallest absolute Gasteiger partial charge is 0.323 e. The van der Waals surface area contributed by atoms with Crippen LogP contribution in [0.15, 0.2) is 47.3 Å². The van der Waals surface area contributed by atoms with Gasteiger partial charge < -0.3 is 25.3 Å². The molecule has 1 aromatic heterocycles. The van der Waals surface area contributed by atoms with Gasteiger partial charge in [-0.25, -0.2) is 4.79 Å². The highest BCUT2D eigenvalue weighted by atomic mass is 16.5. The van der Waals surface area contributed by atoms with Crippen LogP contribution in [0.4, 0.5) is 11.4 Å². The van der Waals surface area contributed by atoms with Crippen molar-refractivity contribution >= 4 is 40.2 Å². The van der Waals surface area contributed by atoms with E-state index in [-0.39, 0.29) is 18.0 Å². The lowest BCUT2D eigenvalue weighted by atomic mass is 10.1. The fourth-order valence-corrected chi connectivity index (χ4v) is 2.72. The summed E-state index contributed by atoms with van der Waals surface area (Å²) in [7, 11) is 0. The molecule has 0 aliphatic heterocycles. The number of anilines is 2. The van der Waals surface area contributed by atoms with Crippen LogP contribution in [0.1, 0.15) is 19.4 Å². The summed E-state index contributed by atoms with van der Waals surface area (Å²) in [5.41, 5.74) is 2.63. The summed E-state index contributed by atoms with van der Waals surface area (Å²) in [4.78, 5) is 51.9. The van der Waals surface area contributed by atoms with Crippen LogP contribution in [0, 0.1) is 0 Å². The third-order valence-electron chi connectivity index (χ3n) is 4.08. The van der Waals surface area contributed by atoms with Gasteiger partial charge in [-0.05, 0) is 42.8 Å². The third-order valence-corrected chi connectivity index (χ3v) is 4.08. The summed E-state index contributed by atoms with van der Waals surface area (Å²) in [6, 6.07) is 11.7. The zero-order chi connectivity index (χ0) is 21.0. The number of nitrogens with one attached hydrogen (secondary N) is 4. The van der Waals surface area contributed by atoms with Crippen molar-refractivity contribution in [3.63, 3.8) is 0 Å². The first-order valence-corrected chi connectivity index (χ1v) is 8.89. The molecule has 0 aliphatic carbocycles. The molecule has 0 radical (unpaired) electrons. The summed E-state index contributed by atoms with van der Waals surface area (Å²) in [5.74, 6) is -1.22. The Labute approximate surface area is 165 Å². The molecule has 0 saturated carbocycles. The second-order valence-electron chi connectivity index (χ2n) is 6.52. The number of rotatable bonds is 6. The molecule has 0 aliphatic rings. The van der Waals surface area contributed by atoms with E-state index >= 15 is 0 Å². The standard InChI is InChI=1S/C20H20N4O5/c1-11(19(27)22-15-7-8-16-17(10-15)24-20(28)23-16)29-18(26)9-13-3-5-14(6-4-13)21-12(2)25/h3-8,10-11H,9H2,1-2H3,(H,21,25)(H,22,27)(H2,23,24,28)/t11-/m0/s1. The number of carbonyl (C=O) groups excluding carboxylic acids is 3. The molecule has 0 bridgehead atoms. The van der Waals surface area contributed by atoms with E-state index in [0.717, 1.165) is 0 Å². The van der Waals surface area contributed by atoms with Crippen molar-refractivity contribution < 1.29 is 19.1 Å². The first-order chi connectivity index (χ1) is 13.8. The molecule has 1 heterocycles. The van der Waals surface area contributed by atoms with E-state index in [1.54, 1.807) is 42.5 Å². The number of imidazole rings is 1. The zero-order valence-corrected chi connectivity index (χ0v) is 15.9. The van der Waals surface area contributed by atoms with Crippen LogP contribution in [0.5, 0.6) is 0 Å². The maximum Gasteiger partial charge on any atom is 0.323 e. The third kappa shape index (κ3) is 5.32. The minimum Gasteiger partial charge on any atom is -0.452 e. The van der Waals surface area contributed by atoms with Gasteiger partial charge in [-0.2, -0.15) is 0 Å². The van der Waals surface area contributed by atoms with E-state index < -0.39 is 18.0 Å². The van der Waals surface area contributed by atoms with Crippen molar-refractivity contribution in [3.8, 4) is 0 Å². The van der Waals surface area contributed by atoms with Crippen molar-refractivity contribution in [1.82, 2.24) is 9.97 Å². The average Bonchev–Trinajstić information content (AvgIpc) is 3.02. The number of aromatic amines is 2. The molecule has 3 rings (SSSR count). The van der Waals surface area contributed by atoms with Gasteiger partial charge in [0, 0.05) is 18.3 Å². The number of amides is 2. The Morgan fingerprint density at radius 1 is 0.966 bits per heavy atom. The lowest BCUT2D eigenvalue weighted by molar-refractivity contribution is -0.152. The van der Waals surface area contributed by atoms with Crippen LogP contribution in [-0.4, -0.2) is 33.9 Å². The Hall–Kier alpha value is -3.88. The van der Waals surface area contributed by atoms with E-state index in [0.29, 0.717) is 28.0 Å². The second kappa shape index (κ2) is 8.42. The largest absolute Gasteiger partial charge is 0.452 e. The minimum atomic E-state index is -0.998. The van der Waals surface area contributed by atoms with Gasteiger partial charge in [-0.1, -0.05) is 12.1 Å². The van der Waals surface area contributed by atoms with Crippen LogP contribution in [0.2, 0.25) is 0 Å². The molecule has 0 saturated heterocycles. The van der Waals surface area contributed by atoms with Gasteiger partial charge in [0.05, 0.1) is 17.5 Å². The lowest BCUT2D eigenvalue weighted by Gasteiger charge is -2.14. The summed E-state index contributed by atoms with van der Waals surface area (Å²) < 4.78 is 5.19. The lowest BCUT2D eigenvalue weighted by Crippen LogP contribution is -2.30. The summed E-state index contributed by atoms with van der Waals surface area (Å²) in [6.07, 6.45) is -1.00. The number of fused-ring (bicyclic) bond motifs is 1. The highest BCUT2D eigenvalue weighted by molar-refractivity contribution is 5.96. The molecule has 0 spiro atoms. The fourth-order valence-electron chi connectivity index (χ4n) is 2.72. The van der Waals surface area contributed by atoms with Gasteiger partial charge in [-0.3, -0.25) is 14.4 Å². The number of esters is 1. The average molecular weight is 396 g/mol. The van der Waals surface area contributed by atoms with Gasteiger partial charge in [0.2, 0.25) is 5.91 Å². The highest BCUT2D eigenvalue weighted by Gasteiger charge is 2.18. The van der Waals surface area contributed by atoms with E-state index in [2.05, 4.69) is 20.6 Å². The molecule has 9 heteroatoms. The normalized spacial score (nSPS) is 11.7. The highest BCUT2D eigenvalue weighted by Crippen LogP contribution is 2.15. The predicted molar refractivity (Wildman–Crippen MR) is 108 cm³/mol. The molecule has 0 fully saturated rings. The van der Waals surface area contributed by atoms with E-state index in [4.69, 9.17) is 4.74 Å². The van der Waals surface area contributed by atoms with Gasteiger partial charge in [0.1, 0.15) is 0 Å². The Morgan fingerprint density at radius 3 is 2.31 bits per heavy atom. The Morgan fingerprint density at radius 2 is 1.62 bits per heavy atom. The number of hydrogen-bond acceptors (Lipinski definition) is 5. The SMILES string of the molecule is CC(=O)Nc1ccc(CC(=O)O[C@@H](C)C(=O)Nc2ccc3[nH]c(=O)[nH]c3c2)cc1. The Bertz CT molecular complexity index is 1110. The first-order valence-electron chi connectivity index (χ1n) is 8.89. The zero-order valence-electron chi connectivity index (χ0n) is 15.9. The van der Waals surface area contributed by atoms with Crippen LogP contribution in [-0.2, 0) is 25.5 Å². The number of H-pyrrole nitrogens is 2. The van der Waals surface area contributed by atoms with Gasteiger partial charge in [0.15, 0.2) is 6.10 Å². The molecule has 29 heavy (non-hydrogen) atoms. The van der Waals surface area contributed by atoms with Crippen molar-refractivity contribution in [1.29, 1.82) is 0 Å². The molecule has 0 unspecified atom stereocenters. The molecule has 2 aromatic carbocycles. The van der Waals surface area contributed by atoms with Crippen LogP contribution in [0.3, 0.4) is 0 Å². The molecule has 2 amide bonds. The topological polar surface area (TPSA) is 133 Å². The summed E-state index contributed by atoms with van der Waals surface area (Å²) >= 11 is 0. The van der Waals surface area contributed by atoms with Crippen LogP contribution in [0.25, 0.3) is 11.0 Å². The second-order valence-corrected chi connectivity index (χ2v) is 6.52. The first kappa shape index (κ1) is 19.9. The van der Waals surface area contributed by atoms with E-state index in [1.807, 2.05) is 0 Å².